The SMILES string of the molecule is [BaH2].[Co].[LiH].[MgH2].[NaH].[Ni]. The topological polar surface area (TPSA) is 0 Å². The van der Waals surface area contributed by atoms with Gasteiger partial charge in [0.1, 0.15) is 0 Å². The predicted molar refractivity (Wildman–Crippen MR) is 31.4 cm³/mol. The van der Waals surface area contributed by atoms with E-state index in [2.05, 4.69) is 0 Å². The molecule has 0 atom stereocenters. The van der Waals surface area contributed by atoms with E-state index < -0.39 is 0 Å². The zero-order chi connectivity index (χ0) is 0. The molecule has 0 aromatic heterocycles. The largest absolute Gasteiger partial charge is 0 e. The molecule has 0 bridgehead atoms. The zero-order valence-corrected chi connectivity index (χ0v) is 2.68. The van der Waals surface area contributed by atoms with Crippen LogP contribution in [0.15, 0.2) is 0 Å². The molecule has 0 aliphatic carbocycles. The monoisotopic (exact) mass is 315 g/mol. The Balaban J connectivity index is 0. The zero-order valence-electron chi connectivity index (χ0n) is 0.650. The van der Waals surface area contributed by atoms with E-state index in [-0.39, 0.29) is 154 Å². The van der Waals surface area contributed by atoms with E-state index in [4.69, 9.17) is 0 Å². The number of hydrogen-bond acceptors (Lipinski definition) is 0. The molecule has 0 fully saturated rings. The molecule has 0 spiro atoms. The molecule has 0 amide bonds. The van der Waals surface area contributed by atoms with Crippen LogP contribution < -0.4 is 0 Å². The van der Waals surface area contributed by atoms with E-state index in [1.165, 1.54) is 0 Å². The standard InChI is InChI=1S/Ba.Co.Li.Mg.Na.Ni.6H. The van der Waals surface area contributed by atoms with Gasteiger partial charge in [-0.2, -0.15) is 0 Å². The van der Waals surface area contributed by atoms with Crippen LogP contribution in [-0.4, -0.2) is 120 Å². The Bertz CT molecular complexity index is 15.5. The minimum Gasteiger partial charge on any atom is 0 e. The molecular formula is H6BaCoLiMgNaNi. The van der Waals surface area contributed by atoms with E-state index in [9.17, 15) is 0 Å². The van der Waals surface area contributed by atoms with Crippen LogP contribution in [0.4, 0.5) is 0 Å². The van der Waals surface area contributed by atoms with Crippen LogP contribution in [0.2, 0.25) is 0 Å². The summed E-state index contributed by atoms with van der Waals surface area (Å²) in [6.07, 6.45) is 0. The second-order valence-electron chi connectivity index (χ2n) is 0. The average molecular weight is 315 g/mol. The maximum atomic E-state index is 0. The van der Waals surface area contributed by atoms with Gasteiger partial charge < -0.3 is 0 Å². The Morgan fingerprint density at radius 2 is 1.00 bits per heavy atom. The minimum atomic E-state index is 0. The summed E-state index contributed by atoms with van der Waals surface area (Å²) in [5, 5.41) is 0. The van der Waals surface area contributed by atoms with Crippen molar-refractivity contribution in [3.8, 4) is 0 Å². The second-order valence-corrected chi connectivity index (χ2v) is 0. The molecule has 0 saturated carbocycles. The Morgan fingerprint density at radius 1 is 1.00 bits per heavy atom. The van der Waals surface area contributed by atoms with Crippen molar-refractivity contribution in [3.63, 3.8) is 0 Å². The van der Waals surface area contributed by atoms with Crippen molar-refractivity contribution in [2.45, 2.75) is 0 Å². The first-order chi connectivity index (χ1) is 0. The molecule has 1 radical (unpaired) electrons. The smallest absolute Gasteiger partial charge is 0 e. The van der Waals surface area contributed by atoms with Gasteiger partial charge in [-0.15, -0.1) is 0 Å². The van der Waals surface area contributed by atoms with Gasteiger partial charge in [0.25, 0.3) is 0 Å². The van der Waals surface area contributed by atoms with Crippen LogP contribution in [0, 0.1) is 0 Å². The van der Waals surface area contributed by atoms with Gasteiger partial charge in [-0.05, 0) is 0 Å². The fraction of sp³-hybridized carbons (Fsp3) is 0. The van der Waals surface area contributed by atoms with Crippen molar-refractivity contribution in [3.05, 3.63) is 0 Å². The summed E-state index contributed by atoms with van der Waals surface area (Å²) >= 11 is 0. The fourth-order valence-electron chi connectivity index (χ4n) is 0. The quantitative estimate of drug-likeness (QED) is 0.415. The Morgan fingerprint density at radius 3 is 1.00 bits per heavy atom. The number of rotatable bonds is 0. The van der Waals surface area contributed by atoms with Crippen molar-refractivity contribution < 1.29 is 33.3 Å². The van der Waals surface area contributed by atoms with E-state index >= 15 is 0 Å². The average Bonchev–Trinajstić information content (AvgIpc) is 0. The molecule has 0 aliphatic heterocycles. The minimum absolute atomic E-state index is 0. The summed E-state index contributed by atoms with van der Waals surface area (Å²) in [5.41, 5.74) is 0. The van der Waals surface area contributed by atoms with Gasteiger partial charge in [0.2, 0.25) is 0 Å². The molecule has 31 valence electrons. The first kappa shape index (κ1) is 44.3. The normalized spacial score (nSPS) is 0. The second kappa shape index (κ2) is 32.6. The van der Waals surface area contributed by atoms with Gasteiger partial charge in [-0.1, -0.05) is 0 Å². The molecule has 0 aliphatic rings. The van der Waals surface area contributed by atoms with Crippen LogP contribution in [0.1, 0.15) is 0 Å². The van der Waals surface area contributed by atoms with E-state index in [1.54, 1.807) is 0 Å². The Hall–Kier alpha value is 4.94. The molecule has 0 nitrogen and oxygen atoms in total. The molecule has 6 heteroatoms. The number of hydrogen-bond donors (Lipinski definition) is 0. The molecule has 6 heavy (non-hydrogen) atoms. The summed E-state index contributed by atoms with van der Waals surface area (Å²) < 4.78 is 0. The van der Waals surface area contributed by atoms with Gasteiger partial charge in [-0.3, -0.25) is 0 Å². The van der Waals surface area contributed by atoms with Crippen LogP contribution in [-0.2, 0) is 33.3 Å². The third-order valence-corrected chi connectivity index (χ3v) is 0. The van der Waals surface area contributed by atoms with Crippen LogP contribution in [0.5, 0.6) is 0 Å². The van der Waals surface area contributed by atoms with E-state index in [0.717, 1.165) is 0 Å². The maximum Gasteiger partial charge on any atom is 0 e. The summed E-state index contributed by atoms with van der Waals surface area (Å²) in [5.74, 6) is 0. The van der Waals surface area contributed by atoms with E-state index in [0.29, 0.717) is 0 Å². The summed E-state index contributed by atoms with van der Waals surface area (Å²) in [4.78, 5) is 0. The molecular weight excluding hydrogens is 309 g/mol. The maximum absolute atomic E-state index is 0. The van der Waals surface area contributed by atoms with Gasteiger partial charge in [0.15, 0.2) is 0 Å². The van der Waals surface area contributed by atoms with Crippen molar-refractivity contribution >= 4 is 120 Å². The molecule has 0 rings (SSSR count). The molecule has 0 unspecified atom stereocenters. The molecule has 0 aromatic carbocycles. The van der Waals surface area contributed by atoms with Crippen molar-refractivity contribution in [2.24, 2.45) is 0 Å². The predicted octanol–water partition coefficient (Wildman–Crippen LogP) is -3.13. The Labute approximate surface area is 149 Å². The Kier molecular flexibility index (Phi) is 241. The van der Waals surface area contributed by atoms with E-state index in [1.807, 2.05) is 0 Å². The molecule has 0 saturated heterocycles. The fourth-order valence-corrected chi connectivity index (χ4v) is 0. The first-order valence-electron chi connectivity index (χ1n) is 0. The van der Waals surface area contributed by atoms with Crippen molar-refractivity contribution in [1.29, 1.82) is 0 Å². The molecule has 0 aromatic rings. The van der Waals surface area contributed by atoms with Crippen molar-refractivity contribution in [2.75, 3.05) is 0 Å². The summed E-state index contributed by atoms with van der Waals surface area (Å²) in [6, 6.07) is 0. The van der Waals surface area contributed by atoms with Gasteiger partial charge in [-0.25, -0.2) is 0 Å². The van der Waals surface area contributed by atoms with Crippen LogP contribution in [0.25, 0.3) is 0 Å². The van der Waals surface area contributed by atoms with Crippen molar-refractivity contribution in [1.82, 2.24) is 0 Å². The van der Waals surface area contributed by atoms with Crippen LogP contribution in [0.3, 0.4) is 0 Å². The van der Waals surface area contributed by atoms with Gasteiger partial charge in [0.05, 0.1) is 0 Å². The van der Waals surface area contributed by atoms with Gasteiger partial charge >= 0.3 is 120 Å². The third kappa shape index (κ3) is 23.1. The molecule has 0 heterocycles. The first-order valence-corrected chi connectivity index (χ1v) is 0. The molecule has 0 N–H and O–H groups in total. The van der Waals surface area contributed by atoms with Crippen LogP contribution >= 0.6 is 0 Å². The van der Waals surface area contributed by atoms with Gasteiger partial charge in [0, 0.05) is 33.3 Å². The summed E-state index contributed by atoms with van der Waals surface area (Å²) in [6.45, 7) is 0. The third-order valence-electron chi connectivity index (χ3n) is 0. The summed E-state index contributed by atoms with van der Waals surface area (Å²) in [7, 11) is 0.